The van der Waals surface area contributed by atoms with Crippen LogP contribution in [0.1, 0.15) is 44.5 Å². The minimum absolute atomic E-state index is 0.0196. The van der Waals surface area contributed by atoms with E-state index in [-0.39, 0.29) is 23.8 Å². The van der Waals surface area contributed by atoms with Crippen LogP contribution in [0.15, 0.2) is 36.9 Å². The van der Waals surface area contributed by atoms with E-state index in [0.717, 1.165) is 5.06 Å². The molecule has 4 atom stereocenters. The Labute approximate surface area is 201 Å². The standard InChI is InChI=1S/C25H33NO7Si/c1-8-11-18(27)24(30)32-26-21(17-14-31-19-13-10-9-12-16(19)22(17)28)20(23(26)29)15(2)33-34(6,7)25(3,4)5/h8-10,12-13,15,17,20-21H,1,11,14H2,2-7H3/t15-,17+,20-,21-/m1/s1. The molecule has 1 fully saturated rings. The predicted octanol–water partition coefficient (Wildman–Crippen LogP) is 3.72. The molecule has 9 heteroatoms. The second-order valence-corrected chi connectivity index (χ2v) is 15.1. The summed E-state index contributed by atoms with van der Waals surface area (Å²) in [6, 6.07) is 6.08. The smallest absolute Gasteiger partial charge is 0.399 e. The molecule has 0 N–H and O–H groups in total. The molecule has 1 amide bonds. The van der Waals surface area contributed by atoms with Gasteiger partial charge in [-0.05, 0) is 37.2 Å². The third-order valence-corrected chi connectivity index (χ3v) is 11.6. The molecule has 8 nitrogen and oxygen atoms in total. The number of amides is 1. The van der Waals surface area contributed by atoms with E-state index in [1.807, 2.05) is 0 Å². The lowest BCUT2D eigenvalue weighted by Crippen LogP contribution is -2.70. The lowest BCUT2D eigenvalue weighted by Gasteiger charge is -2.51. The molecule has 3 rings (SSSR count). The molecule has 2 heterocycles. The van der Waals surface area contributed by atoms with Crippen molar-refractivity contribution in [2.75, 3.05) is 6.61 Å². The highest BCUT2D eigenvalue weighted by Gasteiger charge is 2.60. The van der Waals surface area contributed by atoms with Gasteiger partial charge < -0.3 is 14.0 Å². The van der Waals surface area contributed by atoms with Crippen LogP contribution < -0.4 is 4.74 Å². The number of fused-ring (bicyclic) bond motifs is 1. The van der Waals surface area contributed by atoms with Gasteiger partial charge in [-0.15, -0.1) is 6.58 Å². The summed E-state index contributed by atoms with van der Waals surface area (Å²) >= 11 is 0. The van der Waals surface area contributed by atoms with Crippen LogP contribution in [0.25, 0.3) is 0 Å². The van der Waals surface area contributed by atoms with E-state index in [2.05, 4.69) is 40.4 Å². The van der Waals surface area contributed by atoms with Crippen molar-refractivity contribution in [2.24, 2.45) is 11.8 Å². The van der Waals surface area contributed by atoms with Gasteiger partial charge in [0.2, 0.25) is 5.78 Å². The number of carbonyl (C=O) groups is 4. The first-order valence-corrected chi connectivity index (χ1v) is 14.3. The molecule has 1 aromatic carbocycles. The number of rotatable bonds is 8. The summed E-state index contributed by atoms with van der Waals surface area (Å²) in [5.41, 5.74) is 0.406. The van der Waals surface area contributed by atoms with Gasteiger partial charge >= 0.3 is 5.97 Å². The molecule has 1 saturated heterocycles. The van der Waals surface area contributed by atoms with Crippen molar-refractivity contribution >= 4 is 31.8 Å². The molecule has 2 aliphatic rings. The first-order valence-electron chi connectivity index (χ1n) is 11.4. The van der Waals surface area contributed by atoms with Crippen molar-refractivity contribution < 1.29 is 33.2 Å². The largest absolute Gasteiger partial charge is 0.492 e. The van der Waals surface area contributed by atoms with Crippen molar-refractivity contribution in [3.63, 3.8) is 0 Å². The fourth-order valence-corrected chi connectivity index (χ4v) is 5.51. The lowest BCUT2D eigenvalue weighted by molar-refractivity contribution is -0.249. The van der Waals surface area contributed by atoms with Gasteiger partial charge in [0.05, 0.1) is 29.5 Å². The summed E-state index contributed by atoms with van der Waals surface area (Å²) in [6.45, 7) is 15.7. The first-order chi connectivity index (χ1) is 15.8. The Kier molecular flexibility index (Phi) is 7.19. The van der Waals surface area contributed by atoms with Crippen LogP contribution in [-0.4, -0.2) is 55.6 Å². The molecule has 2 aliphatic heterocycles. The van der Waals surface area contributed by atoms with Crippen LogP contribution in [0.3, 0.4) is 0 Å². The zero-order valence-electron chi connectivity index (χ0n) is 20.6. The average molecular weight is 488 g/mol. The van der Waals surface area contributed by atoms with E-state index in [1.165, 1.54) is 6.08 Å². The Morgan fingerprint density at radius 3 is 2.53 bits per heavy atom. The molecule has 34 heavy (non-hydrogen) atoms. The molecule has 0 aliphatic carbocycles. The number of para-hydroxylation sites is 1. The Bertz CT molecular complexity index is 1010. The highest BCUT2D eigenvalue weighted by molar-refractivity contribution is 6.74. The number of benzene rings is 1. The normalized spacial score (nSPS) is 23.4. The highest BCUT2D eigenvalue weighted by atomic mass is 28.4. The number of ketones is 2. The summed E-state index contributed by atoms with van der Waals surface area (Å²) in [5, 5.41) is 0.773. The van der Waals surface area contributed by atoms with Crippen LogP contribution in [0.2, 0.25) is 18.1 Å². The zero-order valence-corrected chi connectivity index (χ0v) is 21.6. The van der Waals surface area contributed by atoms with E-state index < -0.39 is 50.0 Å². The number of hydrogen-bond acceptors (Lipinski definition) is 7. The second-order valence-electron chi connectivity index (χ2n) is 10.3. The molecule has 0 radical (unpaired) electrons. The molecule has 0 unspecified atom stereocenters. The van der Waals surface area contributed by atoms with E-state index in [4.69, 9.17) is 14.0 Å². The van der Waals surface area contributed by atoms with Crippen LogP contribution >= 0.6 is 0 Å². The summed E-state index contributed by atoms with van der Waals surface area (Å²) in [6.07, 6.45) is 0.549. The summed E-state index contributed by atoms with van der Waals surface area (Å²) < 4.78 is 12.3. The maximum atomic E-state index is 13.4. The molecule has 1 aromatic rings. The predicted molar refractivity (Wildman–Crippen MR) is 128 cm³/mol. The van der Waals surface area contributed by atoms with E-state index in [9.17, 15) is 19.2 Å². The SMILES string of the molecule is C=CCC(=O)C(=O)ON1C(=O)[C@H]([C@@H](C)O[Si](C)(C)C(C)(C)C)[C@H]1[C@@H]1COc2ccccc2C1=O. The fourth-order valence-electron chi connectivity index (χ4n) is 4.08. The molecule has 0 aromatic heterocycles. The van der Waals surface area contributed by atoms with Crippen molar-refractivity contribution in [2.45, 2.75) is 64.4 Å². The second kappa shape index (κ2) is 9.46. The zero-order chi connectivity index (χ0) is 25.4. The monoisotopic (exact) mass is 487 g/mol. The average Bonchev–Trinajstić information content (AvgIpc) is 2.75. The van der Waals surface area contributed by atoms with Crippen LogP contribution in [0, 0.1) is 11.8 Å². The minimum Gasteiger partial charge on any atom is -0.492 e. The van der Waals surface area contributed by atoms with E-state index in [1.54, 1.807) is 31.2 Å². The Morgan fingerprint density at radius 1 is 1.26 bits per heavy atom. The first kappa shape index (κ1) is 25.8. The topological polar surface area (TPSA) is 99.2 Å². The fraction of sp³-hybridized carbons (Fsp3) is 0.520. The maximum Gasteiger partial charge on any atom is 0.399 e. The minimum atomic E-state index is -2.24. The summed E-state index contributed by atoms with van der Waals surface area (Å²) in [5.74, 6) is -3.72. The lowest BCUT2D eigenvalue weighted by atomic mass is 9.74. The van der Waals surface area contributed by atoms with Crippen LogP contribution in [-0.2, 0) is 23.6 Å². The molecular weight excluding hydrogens is 454 g/mol. The number of ether oxygens (including phenoxy) is 1. The van der Waals surface area contributed by atoms with Gasteiger partial charge in [-0.3, -0.25) is 14.4 Å². The number of carbonyl (C=O) groups excluding carboxylic acids is 4. The highest BCUT2D eigenvalue weighted by Crippen LogP contribution is 2.43. The van der Waals surface area contributed by atoms with Gasteiger partial charge in [0.25, 0.3) is 5.91 Å². The van der Waals surface area contributed by atoms with Gasteiger partial charge in [-0.1, -0.05) is 39.0 Å². The van der Waals surface area contributed by atoms with Crippen molar-refractivity contribution in [1.82, 2.24) is 5.06 Å². The number of Topliss-reactive ketones (excluding diaryl/α,β-unsaturated/α-hetero) is 2. The third kappa shape index (κ3) is 4.72. The quantitative estimate of drug-likeness (QED) is 0.238. The van der Waals surface area contributed by atoms with Crippen LogP contribution in [0.4, 0.5) is 0 Å². The molecular formula is C25H33NO7Si. The number of nitrogens with zero attached hydrogens (tertiary/aromatic N) is 1. The summed E-state index contributed by atoms with van der Waals surface area (Å²) in [4.78, 5) is 55.9. The Hall–Kier alpha value is -2.78. The van der Waals surface area contributed by atoms with E-state index in [0.29, 0.717) is 11.3 Å². The van der Waals surface area contributed by atoms with Crippen molar-refractivity contribution in [1.29, 1.82) is 0 Å². The Morgan fingerprint density at radius 2 is 1.91 bits per heavy atom. The number of β-lactam (4-membered cyclic amide) rings is 1. The van der Waals surface area contributed by atoms with Gasteiger partial charge in [0.1, 0.15) is 12.4 Å². The number of hydroxylamine groups is 2. The van der Waals surface area contributed by atoms with E-state index >= 15 is 0 Å². The third-order valence-electron chi connectivity index (χ3n) is 6.99. The molecule has 0 spiro atoms. The molecule has 0 bridgehead atoms. The van der Waals surface area contributed by atoms with Crippen molar-refractivity contribution in [3.8, 4) is 5.75 Å². The number of hydrogen-bond donors (Lipinski definition) is 0. The van der Waals surface area contributed by atoms with Gasteiger partial charge in [-0.25, -0.2) is 4.79 Å². The Balaban J connectivity index is 1.91. The summed E-state index contributed by atoms with van der Waals surface area (Å²) in [7, 11) is -2.24. The van der Waals surface area contributed by atoms with Gasteiger partial charge in [0, 0.05) is 6.42 Å². The number of allylic oxidation sites excluding steroid dienone is 1. The van der Waals surface area contributed by atoms with Gasteiger partial charge in [-0.2, -0.15) is 5.06 Å². The maximum absolute atomic E-state index is 13.4. The van der Waals surface area contributed by atoms with Crippen molar-refractivity contribution in [3.05, 3.63) is 42.5 Å². The molecule has 0 saturated carbocycles. The van der Waals surface area contributed by atoms with Gasteiger partial charge in [0.15, 0.2) is 14.1 Å². The molecule has 184 valence electrons. The van der Waals surface area contributed by atoms with Crippen LogP contribution in [0.5, 0.6) is 5.75 Å².